The first-order valence-corrected chi connectivity index (χ1v) is 12.1. The van der Waals surface area contributed by atoms with E-state index in [1.165, 1.54) is 18.4 Å². The lowest BCUT2D eigenvalue weighted by Gasteiger charge is -2.16. The fraction of sp³-hybridized carbons (Fsp3) is 0.292. The smallest absolute Gasteiger partial charge is 0.205 e. The molecule has 0 spiro atoms. The average molecular weight is 466 g/mol. The van der Waals surface area contributed by atoms with Gasteiger partial charge in [0.25, 0.3) is 0 Å². The van der Waals surface area contributed by atoms with Crippen molar-refractivity contribution in [3.05, 3.63) is 83.1 Å². The topological polar surface area (TPSA) is 60.0 Å². The van der Waals surface area contributed by atoms with Gasteiger partial charge in [-0.2, -0.15) is 0 Å². The fourth-order valence-electron chi connectivity index (χ4n) is 3.86. The van der Waals surface area contributed by atoms with E-state index in [9.17, 15) is 0 Å². The summed E-state index contributed by atoms with van der Waals surface area (Å²) >= 11 is 7.58. The van der Waals surface area contributed by atoms with Crippen molar-refractivity contribution in [2.45, 2.75) is 36.8 Å². The van der Waals surface area contributed by atoms with Gasteiger partial charge in [0.2, 0.25) is 5.89 Å². The van der Waals surface area contributed by atoms with Crippen LogP contribution < -0.4 is 0 Å². The zero-order valence-corrected chi connectivity index (χ0v) is 19.2. The predicted octanol–water partition coefficient (Wildman–Crippen LogP) is 5.52. The molecule has 1 aliphatic rings. The van der Waals surface area contributed by atoms with Crippen molar-refractivity contribution < 1.29 is 4.42 Å². The third-order valence-corrected chi connectivity index (χ3v) is 6.75. The number of halogens is 1. The Morgan fingerprint density at radius 1 is 0.938 bits per heavy atom. The van der Waals surface area contributed by atoms with Crippen molar-refractivity contribution in [3.8, 4) is 11.3 Å². The lowest BCUT2D eigenvalue weighted by molar-refractivity contribution is 0.316. The number of hydrogen-bond donors (Lipinski definition) is 0. The van der Waals surface area contributed by atoms with E-state index in [0.717, 1.165) is 48.5 Å². The Hall–Kier alpha value is -2.61. The number of likely N-dealkylation sites (tertiary alicyclic amines) is 1. The first kappa shape index (κ1) is 21.2. The quantitative estimate of drug-likeness (QED) is 0.319. The van der Waals surface area contributed by atoms with Gasteiger partial charge in [-0.3, -0.25) is 4.90 Å². The van der Waals surface area contributed by atoms with Gasteiger partial charge in [0.15, 0.2) is 10.9 Å². The predicted molar refractivity (Wildman–Crippen MR) is 127 cm³/mol. The molecule has 3 heterocycles. The van der Waals surface area contributed by atoms with Gasteiger partial charge in [-0.05, 0) is 55.8 Å². The second kappa shape index (κ2) is 9.90. The summed E-state index contributed by atoms with van der Waals surface area (Å²) in [6, 6.07) is 18.0. The maximum atomic E-state index is 5.98. The summed E-state index contributed by atoms with van der Waals surface area (Å²) < 4.78 is 8.19. The van der Waals surface area contributed by atoms with Crippen LogP contribution >= 0.6 is 23.4 Å². The summed E-state index contributed by atoms with van der Waals surface area (Å²) in [6.45, 7) is 3.84. The fourth-order valence-corrected chi connectivity index (χ4v) is 4.80. The van der Waals surface area contributed by atoms with Crippen molar-refractivity contribution >= 4 is 23.4 Å². The average Bonchev–Trinajstić information content (AvgIpc) is 3.57. The highest BCUT2D eigenvalue weighted by molar-refractivity contribution is 7.98. The highest BCUT2D eigenvalue weighted by atomic mass is 35.5. The summed E-state index contributed by atoms with van der Waals surface area (Å²) in [5.41, 5.74) is 2.19. The first-order chi connectivity index (χ1) is 15.7. The summed E-state index contributed by atoms with van der Waals surface area (Å²) in [5.74, 6) is 2.99. The molecule has 1 aliphatic heterocycles. The summed E-state index contributed by atoms with van der Waals surface area (Å²) in [4.78, 5) is 6.90. The molecule has 0 amide bonds. The van der Waals surface area contributed by atoms with Crippen LogP contribution in [-0.2, 0) is 18.8 Å². The van der Waals surface area contributed by atoms with E-state index in [2.05, 4.69) is 48.9 Å². The second-order valence-electron chi connectivity index (χ2n) is 7.87. The highest BCUT2D eigenvalue weighted by Crippen LogP contribution is 2.27. The van der Waals surface area contributed by atoms with Gasteiger partial charge >= 0.3 is 0 Å². The molecule has 0 atom stereocenters. The van der Waals surface area contributed by atoms with E-state index in [1.54, 1.807) is 18.0 Å². The molecule has 164 valence electrons. The van der Waals surface area contributed by atoms with Crippen LogP contribution in [0.5, 0.6) is 0 Å². The van der Waals surface area contributed by atoms with Crippen LogP contribution in [0.1, 0.15) is 30.1 Å². The first-order valence-electron chi connectivity index (χ1n) is 10.8. The van der Waals surface area contributed by atoms with Crippen LogP contribution in [0, 0.1) is 0 Å². The highest BCUT2D eigenvalue weighted by Gasteiger charge is 2.19. The number of aromatic nitrogens is 4. The number of thioether (sulfide) groups is 1. The minimum atomic E-state index is 0.588. The lowest BCUT2D eigenvalue weighted by Crippen LogP contribution is -2.21. The van der Waals surface area contributed by atoms with Crippen LogP contribution in [0.4, 0.5) is 0 Å². The molecule has 5 rings (SSSR count). The molecule has 2 aromatic carbocycles. The largest absolute Gasteiger partial charge is 0.440 e. The molecule has 1 saturated heterocycles. The van der Waals surface area contributed by atoms with E-state index in [0.29, 0.717) is 16.7 Å². The molecule has 0 bridgehead atoms. The number of nitrogens with zero attached hydrogens (tertiary/aromatic N) is 5. The Bertz CT molecular complexity index is 1150. The SMILES string of the molecule is Clc1ccc(-c2cnc(CSc3nnc(CN4CCCC4)n3Cc3ccccc3)o2)cc1. The second-order valence-corrected chi connectivity index (χ2v) is 9.25. The minimum absolute atomic E-state index is 0.588. The third kappa shape index (κ3) is 5.06. The van der Waals surface area contributed by atoms with Crippen LogP contribution in [0.25, 0.3) is 11.3 Å². The van der Waals surface area contributed by atoms with E-state index in [4.69, 9.17) is 16.0 Å². The van der Waals surface area contributed by atoms with Crippen molar-refractivity contribution in [2.24, 2.45) is 0 Å². The molecular formula is C24H24ClN5OS. The van der Waals surface area contributed by atoms with Crippen LogP contribution in [0.3, 0.4) is 0 Å². The maximum absolute atomic E-state index is 5.98. The normalized spacial score (nSPS) is 14.3. The molecule has 0 unspecified atom stereocenters. The molecule has 2 aromatic heterocycles. The van der Waals surface area contributed by atoms with Crippen molar-refractivity contribution in [1.82, 2.24) is 24.6 Å². The van der Waals surface area contributed by atoms with E-state index in [-0.39, 0.29) is 0 Å². The molecule has 0 saturated carbocycles. The van der Waals surface area contributed by atoms with Gasteiger partial charge in [-0.25, -0.2) is 4.98 Å². The molecule has 4 aromatic rings. The van der Waals surface area contributed by atoms with E-state index < -0.39 is 0 Å². The molecule has 6 nitrogen and oxygen atoms in total. The Morgan fingerprint density at radius 3 is 2.50 bits per heavy atom. The van der Waals surface area contributed by atoms with Gasteiger partial charge in [0.1, 0.15) is 5.82 Å². The van der Waals surface area contributed by atoms with Gasteiger partial charge in [0.05, 0.1) is 25.0 Å². The molecule has 0 N–H and O–H groups in total. The lowest BCUT2D eigenvalue weighted by atomic mass is 10.2. The monoisotopic (exact) mass is 465 g/mol. The zero-order chi connectivity index (χ0) is 21.8. The minimum Gasteiger partial charge on any atom is -0.440 e. The van der Waals surface area contributed by atoms with Gasteiger partial charge in [-0.1, -0.05) is 53.7 Å². The summed E-state index contributed by atoms with van der Waals surface area (Å²) in [6.07, 6.45) is 4.27. The molecule has 32 heavy (non-hydrogen) atoms. The van der Waals surface area contributed by atoms with Crippen LogP contribution in [-0.4, -0.2) is 37.7 Å². The number of benzene rings is 2. The van der Waals surface area contributed by atoms with Crippen molar-refractivity contribution in [1.29, 1.82) is 0 Å². The van der Waals surface area contributed by atoms with E-state index in [1.807, 2.05) is 30.3 Å². The number of rotatable bonds is 8. The Kier molecular flexibility index (Phi) is 6.57. The number of hydrogen-bond acceptors (Lipinski definition) is 6. The Labute approximate surface area is 196 Å². The summed E-state index contributed by atoms with van der Waals surface area (Å²) in [5, 5.41) is 10.6. The van der Waals surface area contributed by atoms with Gasteiger partial charge in [-0.15, -0.1) is 10.2 Å². The Morgan fingerprint density at radius 2 is 1.72 bits per heavy atom. The van der Waals surface area contributed by atoms with Gasteiger partial charge in [0, 0.05) is 10.6 Å². The Balaban J connectivity index is 1.32. The van der Waals surface area contributed by atoms with Gasteiger partial charge < -0.3 is 8.98 Å². The molecular weight excluding hydrogens is 442 g/mol. The molecule has 8 heteroatoms. The standard InChI is InChI=1S/C24H24ClN5OS/c25-20-10-8-19(9-11-20)21-14-26-23(31-21)17-32-24-28-27-22(16-29-12-4-5-13-29)30(24)15-18-6-2-1-3-7-18/h1-3,6-11,14H,4-5,12-13,15-17H2. The summed E-state index contributed by atoms with van der Waals surface area (Å²) in [7, 11) is 0. The molecule has 0 aliphatic carbocycles. The maximum Gasteiger partial charge on any atom is 0.205 e. The van der Waals surface area contributed by atoms with Crippen molar-refractivity contribution in [2.75, 3.05) is 13.1 Å². The van der Waals surface area contributed by atoms with Crippen molar-refractivity contribution in [3.63, 3.8) is 0 Å². The molecule has 0 radical (unpaired) electrons. The van der Waals surface area contributed by atoms with Crippen LogP contribution in [0.2, 0.25) is 5.02 Å². The zero-order valence-electron chi connectivity index (χ0n) is 17.7. The number of oxazole rings is 1. The molecule has 1 fully saturated rings. The van der Waals surface area contributed by atoms with E-state index >= 15 is 0 Å². The van der Waals surface area contributed by atoms with Crippen LogP contribution in [0.15, 0.2) is 70.4 Å². The third-order valence-electron chi connectivity index (χ3n) is 5.55.